The normalized spacial score (nSPS) is 14.0. The van der Waals surface area contributed by atoms with Crippen LogP contribution in [0, 0.1) is 5.82 Å². The Morgan fingerprint density at radius 3 is 2.74 bits per heavy atom. The van der Waals surface area contributed by atoms with E-state index in [1.165, 1.54) is 23.5 Å². The van der Waals surface area contributed by atoms with Crippen LogP contribution in [-0.4, -0.2) is 28.2 Å². The Morgan fingerprint density at radius 1 is 1.26 bits per heavy atom. The molecule has 1 aromatic carbocycles. The van der Waals surface area contributed by atoms with Crippen molar-refractivity contribution in [2.24, 2.45) is 0 Å². The van der Waals surface area contributed by atoms with Gasteiger partial charge in [0.1, 0.15) is 16.5 Å². The number of ether oxygens (including phenoxy) is 1. The van der Waals surface area contributed by atoms with Crippen LogP contribution in [0.3, 0.4) is 0 Å². The van der Waals surface area contributed by atoms with E-state index in [1.54, 1.807) is 18.2 Å². The summed E-state index contributed by atoms with van der Waals surface area (Å²) < 4.78 is 18.7. The summed E-state index contributed by atoms with van der Waals surface area (Å²) in [7, 11) is 0. The number of aryl methyl sites for hydroxylation is 1. The molecular formula is C23H24FN3O3S. The first-order valence-electron chi connectivity index (χ1n) is 10.4. The van der Waals surface area contributed by atoms with Crippen molar-refractivity contribution in [3.63, 3.8) is 0 Å². The van der Waals surface area contributed by atoms with E-state index in [1.807, 2.05) is 13.8 Å². The molecule has 1 aliphatic rings. The van der Waals surface area contributed by atoms with Crippen LogP contribution >= 0.6 is 11.3 Å². The summed E-state index contributed by atoms with van der Waals surface area (Å²) in [5.74, 6) is -1.12. The summed E-state index contributed by atoms with van der Waals surface area (Å²) in [4.78, 5) is 26.9. The third-order valence-electron chi connectivity index (χ3n) is 5.45. The average molecular weight is 442 g/mol. The van der Waals surface area contributed by atoms with Gasteiger partial charge in [0.15, 0.2) is 0 Å². The molecular weight excluding hydrogens is 417 g/mol. The van der Waals surface area contributed by atoms with Crippen molar-refractivity contribution in [1.29, 1.82) is 0 Å². The summed E-state index contributed by atoms with van der Waals surface area (Å²) in [5, 5.41) is 10.3. The van der Waals surface area contributed by atoms with Crippen LogP contribution in [0.1, 0.15) is 64.4 Å². The Bertz CT molecular complexity index is 1100. The number of benzene rings is 1. The maximum absolute atomic E-state index is 13.2. The van der Waals surface area contributed by atoms with Gasteiger partial charge in [0.2, 0.25) is 0 Å². The molecule has 0 bridgehead atoms. The number of fused-ring (bicyclic) bond motifs is 1. The predicted octanol–water partition coefficient (Wildman–Crippen LogP) is 5.36. The number of esters is 1. The topological polar surface area (TPSA) is 84.1 Å². The molecule has 0 radical (unpaired) electrons. The number of carbonyl (C=O) groups is 2. The van der Waals surface area contributed by atoms with Crippen LogP contribution in [0.5, 0.6) is 0 Å². The SMILES string of the molecule is CCC(C)OC(=O)c1c(NC(=O)c2cc(-c3ccc(F)cc3)n[nH]2)sc2c1CCCC2. The molecule has 1 unspecified atom stereocenters. The first-order chi connectivity index (χ1) is 15.0. The van der Waals surface area contributed by atoms with Gasteiger partial charge in [-0.1, -0.05) is 6.92 Å². The van der Waals surface area contributed by atoms with Crippen molar-refractivity contribution in [3.8, 4) is 11.3 Å². The van der Waals surface area contributed by atoms with Gasteiger partial charge in [0, 0.05) is 10.4 Å². The van der Waals surface area contributed by atoms with Gasteiger partial charge in [-0.3, -0.25) is 9.89 Å². The van der Waals surface area contributed by atoms with E-state index in [2.05, 4.69) is 15.5 Å². The monoisotopic (exact) mass is 441 g/mol. The van der Waals surface area contributed by atoms with Crippen molar-refractivity contribution < 1.29 is 18.7 Å². The smallest absolute Gasteiger partial charge is 0.341 e. The molecule has 31 heavy (non-hydrogen) atoms. The molecule has 1 atom stereocenters. The highest BCUT2D eigenvalue weighted by molar-refractivity contribution is 7.17. The van der Waals surface area contributed by atoms with Gasteiger partial charge in [-0.2, -0.15) is 5.10 Å². The fraction of sp³-hybridized carbons (Fsp3) is 0.348. The molecule has 0 spiro atoms. The van der Waals surface area contributed by atoms with Crippen LogP contribution in [-0.2, 0) is 17.6 Å². The zero-order valence-corrected chi connectivity index (χ0v) is 18.3. The van der Waals surface area contributed by atoms with E-state index < -0.39 is 5.91 Å². The third kappa shape index (κ3) is 4.54. The lowest BCUT2D eigenvalue weighted by Gasteiger charge is -2.15. The Labute approximate surface area is 183 Å². The number of carbonyl (C=O) groups excluding carboxylic acids is 2. The number of anilines is 1. The fourth-order valence-electron chi connectivity index (χ4n) is 3.57. The molecule has 1 aliphatic carbocycles. The molecule has 0 aliphatic heterocycles. The highest BCUT2D eigenvalue weighted by atomic mass is 32.1. The van der Waals surface area contributed by atoms with Gasteiger partial charge in [0.25, 0.3) is 5.91 Å². The molecule has 2 N–H and O–H groups in total. The van der Waals surface area contributed by atoms with E-state index in [0.29, 0.717) is 21.8 Å². The van der Waals surface area contributed by atoms with Crippen LogP contribution in [0.2, 0.25) is 0 Å². The number of nitrogens with zero attached hydrogens (tertiary/aromatic N) is 1. The number of hydrogen-bond acceptors (Lipinski definition) is 5. The molecule has 8 heteroatoms. The second-order valence-corrected chi connectivity index (χ2v) is 8.77. The molecule has 2 heterocycles. The minimum Gasteiger partial charge on any atom is -0.459 e. The van der Waals surface area contributed by atoms with Crippen molar-refractivity contribution >= 4 is 28.2 Å². The first-order valence-corrected chi connectivity index (χ1v) is 11.3. The number of hydrogen-bond donors (Lipinski definition) is 2. The fourth-order valence-corrected chi connectivity index (χ4v) is 4.84. The summed E-state index contributed by atoms with van der Waals surface area (Å²) >= 11 is 1.44. The predicted molar refractivity (Wildman–Crippen MR) is 118 cm³/mol. The quantitative estimate of drug-likeness (QED) is 0.504. The van der Waals surface area contributed by atoms with Crippen LogP contribution in [0.4, 0.5) is 9.39 Å². The van der Waals surface area contributed by atoms with Crippen LogP contribution in [0.15, 0.2) is 30.3 Å². The van der Waals surface area contributed by atoms with Crippen molar-refractivity contribution in [3.05, 3.63) is 57.8 Å². The third-order valence-corrected chi connectivity index (χ3v) is 6.66. The molecule has 0 fully saturated rings. The summed E-state index contributed by atoms with van der Waals surface area (Å²) in [6.45, 7) is 3.82. The maximum atomic E-state index is 13.2. The number of thiophene rings is 1. The number of amides is 1. The van der Waals surface area contributed by atoms with Crippen LogP contribution < -0.4 is 5.32 Å². The number of rotatable bonds is 6. The van der Waals surface area contributed by atoms with Gasteiger partial charge in [-0.05, 0) is 74.9 Å². The molecule has 6 nitrogen and oxygen atoms in total. The number of aromatic amines is 1. The highest BCUT2D eigenvalue weighted by Crippen LogP contribution is 2.39. The van der Waals surface area contributed by atoms with Gasteiger partial charge < -0.3 is 10.1 Å². The second kappa shape index (κ2) is 9.01. The molecule has 0 saturated heterocycles. The zero-order chi connectivity index (χ0) is 22.0. The Balaban J connectivity index is 1.59. The van der Waals surface area contributed by atoms with Gasteiger partial charge >= 0.3 is 5.97 Å². The van der Waals surface area contributed by atoms with Gasteiger partial charge in [-0.15, -0.1) is 11.3 Å². The minimum absolute atomic E-state index is 0.193. The molecule has 3 aromatic rings. The zero-order valence-electron chi connectivity index (χ0n) is 17.5. The molecule has 162 valence electrons. The standard InChI is InChI=1S/C23H24FN3O3S/c1-3-13(2)30-23(29)20-16-6-4-5-7-19(16)31-22(20)25-21(28)18-12-17(26-27-18)14-8-10-15(24)11-9-14/h8-13H,3-7H2,1-2H3,(H,25,28)(H,26,27). The van der Waals surface area contributed by atoms with Gasteiger partial charge in [0.05, 0.1) is 17.4 Å². The Hall–Kier alpha value is -3.00. The largest absolute Gasteiger partial charge is 0.459 e. The summed E-state index contributed by atoms with van der Waals surface area (Å²) in [6, 6.07) is 7.49. The number of halogens is 1. The maximum Gasteiger partial charge on any atom is 0.341 e. The molecule has 0 saturated carbocycles. The molecule has 4 rings (SSSR count). The number of nitrogens with one attached hydrogen (secondary N) is 2. The Kier molecular flexibility index (Phi) is 6.18. The summed E-state index contributed by atoms with van der Waals surface area (Å²) in [6.07, 6.45) is 4.33. The number of aromatic nitrogens is 2. The van der Waals surface area contributed by atoms with E-state index >= 15 is 0 Å². The average Bonchev–Trinajstić information content (AvgIpc) is 3.39. The van der Waals surface area contributed by atoms with E-state index in [-0.39, 0.29) is 23.6 Å². The van der Waals surface area contributed by atoms with E-state index in [0.717, 1.165) is 42.5 Å². The van der Waals surface area contributed by atoms with Crippen molar-refractivity contribution in [2.75, 3.05) is 5.32 Å². The summed E-state index contributed by atoms with van der Waals surface area (Å²) in [5.41, 5.74) is 2.96. The van der Waals surface area contributed by atoms with Crippen molar-refractivity contribution in [1.82, 2.24) is 10.2 Å². The van der Waals surface area contributed by atoms with Crippen molar-refractivity contribution in [2.45, 2.75) is 52.1 Å². The minimum atomic E-state index is -0.392. The lowest BCUT2D eigenvalue weighted by Crippen LogP contribution is -2.19. The van der Waals surface area contributed by atoms with Gasteiger partial charge in [-0.25, -0.2) is 9.18 Å². The lowest BCUT2D eigenvalue weighted by molar-refractivity contribution is 0.0335. The molecule has 2 aromatic heterocycles. The lowest BCUT2D eigenvalue weighted by atomic mass is 9.95. The van der Waals surface area contributed by atoms with E-state index in [9.17, 15) is 14.0 Å². The number of H-pyrrole nitrogens is 1. The Morgan fingerprint density at radius 2 is 2.00 bits per heavy atom. The highest BCUT2D eigenvalue weighted by Gasteiger charge is 2.28. The second-order valence-electron chi connectivity index (χ2n) is 7.67. The van der Waals surface area contributed by atoms with Crippen LogP contribution in [0.25, 0.3) is 11.3 Å². The van der Waals surface area contributed by atoms with E-state index in [4.69, 9.17) is 4.74 Å². The molecule has 1 amide bonds. The first kappa shape index (κ1) is 21.2.